The standard InChI is InChI=1S/C42H66O19/c1-19(2)34(44)51-16-27-29(56-37(47)22(7)8)31(58-39(49)24(11)12)32(59-40(50)25(13)14)41(55-27)61-42(18-53-36(46)21(5)6)33(54-26(15)43)30(57-38(48)23(9)10)28(60-42)17-52-35(45)20(3)4/h19-25,27-33,41H,16-18H2,1-15H3/t27-,28-,29-,30-,31+,32-,33+,41-,42+/m1/s1. The van der Waals surface area contributed by atoms with Crippen LogP contribution < -0.4 is 0 Å². The van der Waals surface area contributed by atoms with Crippen molar-refractivity contribution in [1.82, 2.24) is 0 Å². The van der Waals surface area contributed by atoms with Crippen molar-refractivity contribution in [3.63, 3.8) is 0 Å². The van der Waals surface area contributed by atoms with E-state index in [1.54, 1.807) is 41.5 Å². The van der Waals surface area contributed by atoms with Crippen LogP contribution in [0.15, 0.2) is 0 Å². The predicted octanol–water partition coefficient (Wildman–Crippen LogP) is 3.62. The molecule has 0 aliphatic carbocycles. The summed E-state index contributed by atoms with van der Waals surface area (Å²) in [5.74, 6) is -13.9. The molecule has 2 aliphatic heterocycles. The van der Waals surface area contributed by atoms with Crippen LogP contribution in [0.3, 0.4) is 0 Å². The van der Waals surface area contributed by atoms with Gasteiger partial charge >= 0.3 is 47.8 Å². The highest BCUT2D eigenvalue weighted by Gasteiger charge is 2.65. The van der Waals surface area contributed by atoms with Crippen LogP contribution >= 0.6 is 0 Å². The van der Waals surface area contributed by atoms with Crippen molar-refractivity contribution in [2.45, 2.75) is 159 Å². The minimum absolute atomic E-state index is 0.596. The highest BCUT2D eigenvalue weighted by atomic mass is 16.8. The van der Waals surface area contributed by atoms with Gasteiger partial charge in [-0.3, -0.25) is 38.4 Å². The maximum atomic E-state index is 13.5. The Labute approximate surface area is 357 Å². The molecule has 0 N–H and O–H groups in total. The second-order valence-corrected chi connectivity index (χ2v) is 17.2. The van der Waals surface area contributed by atoms with Gasteiger partial charge < -0.3 is 52.1 Å². The van der Waals surface area contributed by atoms with Crippen molar-refractivity contribution in [3.8, 4) is 0 Å². The monoisotopic (exact) mass is 874 g/mol. The van der Waals surface area contributed by atoms with Gasteiger partial charge in [-0.1, -0.05) is 96.9 Å². The molecule has 19 nitrogen and oxygen atoms in total. The third kappa shape index (κ3) is 14.9. The van der Waals surface area contributed by atoms with Gasteiger partial charge in [-0.05, 0) is 0 Å². The third-order valence-corrected chi connectivity index (χ3v) is 9.15. The van der Waals surface area contributed by atoms with Gasteiger partial charge in [0, 0.05) is 6.92 Å². The lowest BCUT2D eigenvalue weighted by Crippen LogP contribution is -2.66. The van der Waals surface area contributed by atoms with E-state index in [1.165, 1.54) is 55.4 Å². The van der Waals surface area contributed by atoms with Crippen LogP contribution in [0.5, 0.6) is 0 Å². The molecule has 0 aromatic heterocycles. The summed E-state index contributed by atoms with van der Waals surface area (Å²) in [6, 6.07) is 0. The number of carbonyl (C=O) groups excluding carboxylic acids is 8. The number of hydrogen-bond donors (Lipinski definition) is 0. The zero-order valence-electron chi connectivity index (χ0n) is 38.0. The fourth-order valence-electron chi connectivity index (χ4n) is 5.47. The minimum atomic E-state index is -2.55. The molecule has 61 heavy (non-hydrogen) atoms. The van der Waals surface area contributed by atoms with Gasteiger partial charge in [0.05, 0.1) is 41.4 Å². The Bertz CT molecular complexity index is 1550. The van der Waals surface area contributed by atoms with Crippen molar-refractivity contribution in [1.29, 1.82) is 0 Å². The maximum absolute atomic E-state index is 13.5. The molecule has 2 fully saturated rings. The van der Waals surface area contributed by atoms with Crippen LogP contribution in [0.1, 0.15) is 104 Å². The molecule has 0 amide bonds. The Hall–Kier alpha value is -4.36. The summed E-state index contributed by atoms with van der Waals surface area (Å²) in [5.41, 5.74) is 0. The van der Waals surface area contributed by atoms with E-state index < -0.39 is 164 Å². The molecule has 348 valence electrons. The highest BCUT2D eigenvalue weighted by molar-refractivity contribution is 5.75. The number of carbonyl (C=O) groups is 8. The molecule has 2 saturated heterocycles. The fraction of sp³-hybridized carbons (Fsp3) is 0.810. The topological polar surface area (TPSA) is 238 Å². The average molecular weight is 875 g/mol. The summed E-state index contributed by atoms with van der Waals surface area (Å²) in [7, 11) is 0. The second-order valence-electron chi connectivity index (χ2n) is 17.2. The molecule has 2 aliphatic rings. The molecule has 0 aromatic rings. The summed E-state index contributed by atoms with van der Waals surface area (Å²) in [5, 5.41) is 0. The Morgan fingerprint density at radius 3 is 1.21 bits per heavy atom. The minimum Gasteiger partial charge on any atom is -0.463 e. The fourth-order valence-corrected chi connectivity index (χ4v) is 5.47. The van der Waals surface area contributed by atoms with E-state index in [9.17, 15) is 38.4 Å². The van der Waals surface area contributed by atoms with Crippen LogP contribution in [0.2, 0.25) is 0 Å². The van der Waals surface area contributed by atoms with Crippen LogP contribution in [-0.4, -0.2) is 122 Å². The molecule has 0 spiro atoms. The lowest BCUT2D eigenvalue weighted by molar-refractivity contribution is -0.385. The van der Waals surface area contributed by atoms with E-state index in [0.717, 1.165) is 6.92 Å². The van der Waals surface area contributed by atoms with Crippen LogP contribution in [0, 0.1) is 41.4 Å². The van der Waals surface area contributed by atoms with Gasteiger partial charge in [0.15, 0.2) is 30.5 Å². The number of ether oxygens (including phenoxy) is 11. The van der Waals surface area contributed by atoms with Gasteiger partial charge in [0.1, 0.15) is 32.0 Å². The lowest BCUT2D eigenvalue weighted by atomic mass is 9.96. The molecule has 0 bridgehead atoms. The Balaban J connectivity index is 3.03. The maximum Gasteiger partial charge on any atom is 0.308 e. The van der Waals surface area contributed by atoms with Crippen molar-refractivity contribution >= 4 is 47.8 Å². The second kappa shape index (κ2) is 23.2. The SMILES string of the molecule is CC(=O)O[C@H]1[C@H](OC(=O)C(C)C)[C@@H](COC(=O)C(C)C)O[C@@]1(COC(=O)C(C)C)O[C@H]1O[C@H](COC(=O)C(C)C)[C@@H](OC(=O)C(C)C)[C@H](OC(=O)C(C)C)[C@H]1OC(=O)C(C)C. The molecule has 2 rings (SSSR count). The van der Waals surface area contributed by atoms with Crippen molar-refractivity contribution in [2.24, 2.45) is 41.4 Å². The molecule has 0 unspecified atom stereocenters. The summed E-state index contributed by atoms with van der Waals surface area (Å²) in [6.07, 6.45) is -13.6. The zero-order valence-corrected chi connectivity index (χ0v) is 38.0. The van der Waals surface area contributed by atoms with Crippen molar-refractivity contribution in [3.05, 3.63) is 0 Å². The quantitative estimate of drug-likeness (QED) is 0.125. The summed E-state index contributed by atoms with van der Waals surface area (Å²) < 4.78 is 65.5. The highest BCUT2D eigenvalue weighted by Crippen LogP contribution is 2.42. The first-order valence-corrected chi connectivity index (χ1v) is 20.7. The zero-order chi connectivity index (χ0) is 46.7. The van der Waals surface area contributed by atoms with E-state index in [0.29, 0.717) is 0 Å². The molecular weight excluding hydrogens is 808 g/mol. The van der Waals surface area contributed by atoms with Gasteiger partial charge in [-0.2, -0.15) is 0 Å². The summed E-state index contributed by atoms with van der Waals surface area (Å²) >= 11 is 0. The molecule has 19 heteroatoms. The molecule has 9 atom stereocenters. The Kier molecular flexibility index (Phi) is 20.1. The molecular formula is C42H66O19. The summed E-state index contributed by atoms with van der Waals surface area (Å²) in [4.78, 5) is 105. The predicted molar refractivity (Wildman–Crippen MR) is 209 cm³/mol. The number of esters is 8. The average Bonchev–Trinajstić information content (AvgIpc) is 3.43. The van der Waals surface area contributed by atoms with Crippen LogP contribution in [0.4, 0.5) is 0 Å². The van der Waals surface area contributed by atoms with E-state index in [2.05, 4.69) is 0 Å². The van der Waals surface area contributed by atoms with Gasteiger partial charge in [-0.25, -0.2) is 0 Å². The first-order valence-electron chi connectivity index (χ1n) is 20.7. The molecule has 0 radical (unpaired) electrons. The summed E-state index contributed by atoms with van der Waals surface area (Å²) in [6.45, 7) is 20.6. The van der Waals surface area contributed by atoms with Crippen LogP contribution in [0.25, 0.3) is 0 Å². The Morgan fingerprint density at radius 1 is 0.443 bits per heavy atom. The Morgan fingerprint density at radius 2 is 0.803 bits per heavy atom. The molecule has 2 heterocycles. The van der Waals surface area contributed by atoms with Crippen molar-refractivity contribution in [2.75, 3.05) is 19.8 Å². The number of rotatable bonds is 20. The molecule has 0 aromatic carbocycles. The van der Waals surface area contributed by atoms with E-state index in [4.69, 9.17) is 52.1 Å². The van der Waals surface area contributed by atoms with Gasteiger partial charge in [0.25, 0.3) is 0 Å². The normalized spacial score (nSPS) is 26.4. The first kappa shape index (κ1) is 52.8. The van der Waals surface area contributed by atoms with E-state index in [-0.39, 0.29) is 0 Å². The van der Waals surface area contributed by atoms with E-state index in [1.807, 2.05) is 0 Å². The smallest absolute Gasteiger partial charge is 0.308 e. The molecule has 0 saturated carbocycles. The lowest BCUT2D eigenvalue weighted by Gasteiger charge is -2.47. The van der Waals surface area contributed by atoms with Gasteiger partial charge in [-0.15, -0.1) is 0 Å². The van der Waals surface area contributed by atoms with Gasteiger partial charge in [0.2, 0.25) is 12.1 Å². The van der Waals surface area contributed by atoms with E-state index >= 15 is 0 Å². The van der Waals surface area contributed by atoms with Crippen LogP contribution in [-0.2, 0) is 90.5 Å². The third-order valence-electron chi connectivity index (χ3n) is 9.15. The van der Waals surface area contributed by atoms with Crippen molar-refractivity contribution < 1.29 is 90.5 Å². The largest absolute Gasteiger partial charge is 0.463 e. The number of hydrogen-bond acceptors (Lipinski definition) is 19. The first-order chi connectivity index (χ1) is 28.2.